The van der Waals surface area contributed by atoms with E-state index in [1.54, 1.807) is 30.5 Å². The first-order valence-electron chi connectivity index (χ1n) is 9.49. The van der Waals surface area contributed by atoms with Crippen LogP contribution >= 0.6 is 0 Å². The van der Waals surface area contributed by atoms with Crippen molar-refractivity contribution in [3.8, 4) is 0 Å². The highest BCUT2D eigenvalue weighted by Crippen LogP contribution is 2.34. The van der Waals surface area contributed by atoms with Crippen LogP contribution in [0.3, 0.4) is 0 Å². The van der Waals surface area contributed by atoms with Gasteiger partial charge in [0.2, 0.25) is 0 Å². The molecule has 3 aromatic rings. The number of carbonyl (C=O) groups excluding carboxylic acids is 1. The quantitative estimate of drug-likeness (QED) is 0.366. The van der Waals surface area contributed by atoms with Crippen LogP contribution in [0.25, 0.3) is 0 Å². The lowest BCUT2D eigenvalue weighted by Crippen LogP contribution is -2.35. The molecule has 1 heterocycles. The van der Waals surface area contributed by atoms with Crippen molar-refractivity contribution < 1.29 is 22.4 Å². The predicted molar refractivity (Wildman–Crippen MR) is 111 cm³/mol. The molecule has 0 bridgehead atoms. The molecule has 3 rings (SSSR count). The third-order valence-electron chi connectivity index (χ3n) is 4.63. The molecule has 2 amide bonds. The molecular formula is C23H21F4N3O. The molecule has 0 radical (unpaired) electrons. The van der Waals surface area contributed by atoms with Gasteiger partial charge in [0.15, 0.2) is 0 Å². The number of hydrogen-bond acceptors (Lipinski definition) is 1. The van der Waals surface area contributed by atoms with Gasteiger partial charge in [-0.25, -0.2) is 9.18 Å². The van der Waals surface area contributed by atoms with Crippen molar-refractivity contribution in [3.63, 3.8) is 0 Å². The van der Waals surface area contributed by atoms with Crippen molar-refractivity contribution in [2.75, 3.05) is 11.9 Å². The Hall–Kier alpha value is -3.55. The van der Waals surface area contributed by atoms with Gasteiger partial charge in [-0.1, -0.05) is 30.3 Å². The van der Waals surface area contributed by atoms with Crippen LogP contribution in [0.15, 0.2) is 79.5 Å². The maximum absolute atomic E-state index is 13.5. The molecule has 8 heteroatoms. The number of urea groups is 1. The van der Waals surface area contributed by atoms with Crippen LogP contribution in [0, 0.1) is 5.82 Å². The summed E-state index contributed by atoms with van der Waals surface area (Å²) in [6.07, 6.45) is -1.30. The number of hydrogen-bond donors (Lipinski definition) is 1. The van der Waals surface area contributed by atoms with Gasteiger partial charge < -0.3 is 14.8 Å². The average Bonchev–Trinajstić information content (AvgIpc) is 3.14. The zero-order chi connectivity index (χ0) is 22.4. The van der Waals surface area contributed by atoms with Gasteiger partial charge in [0.1, 0.15) is 5.82 Å². The fraction of sp³-hybridized carbons (Fsp3) is 0.174. The molecular weight excluding hydrogens is 410 g/mol. The molecule has 162 valence electrons. The Bertz CT molecular complexity index is 1060. The summed E-state index contributed by atoms with van der Waals surface area (Å²) in [5.74, 6) is -0.345. The molecule has 4 nitrogen and oxygen atoms in total. The van der Waals surface area contributed by atoms with Gasteiger partial charge in [-0.3, -0.25) is 0 Å². The molecule has 0 aliphatic carbocycles. The lowest BCUT2D eigenvalue weighted by Gasteiger charge is -2.24. The largest absolute Gasteiger partial charge is 0.418 e. The highest BCUT2D eigenvalue weighted by Gasteiger charge is 2.33. The molecule has 0 fully saturated rings. The highest BCUT2D eigenvalue weighted by atomic mass is 19.4. The topological polar surface area (TPSA) is 37.3 Å². The van der Waals surface area contributed by atoms with E-state index in [9.17, 15) is 22.4 Å². The number of para-hydroxylation sites is 1. The van der Waals surface area contributed by atoms with E-state index >= 15 is 0 Å². The van der Waals surface area contributed by atoms with E-state index in [0.29, 0.717) is 6.54 Å². The van der Waals surface area contributed by atoms with E-state index in [-0.39, 0.29) is 24.6 Å². The SMILES string of the molecule is C=CCN(Cc1cccn1Cc1cccc(F)c1)C(=O)Nc1ccccc1C(F)(F)F. The molecule has 2 aromatic carbocycles. The number of nitrogens with one attached hydrogen (secondary N) is 1. The van der Waals surface area contributed by atoms with Crippen molar-refractivity contribution in [3.05, 3.63) is 102 Å². The fourth-order valence-corrected chi connectivity index (χ4v) is 3.18. The zero-order valence-electron chi connectivity index (χ0n) is 16.6. The summed E-state index contributed by atoms with van der Waals surface area (Å²) in [5.41, 5.74) is 0.252. The molecule has 0 saturated carbocycles. The minimum absolute atomic E-state index is 0.130. The van der Waals surface area contributed by atoms with Gasteiger partial charge in [0.05, 0.1) is 17.8 Å². The molecule has 1 N–H and O–H groups in total. The summed E-state index contributed by atoms with van der Waals surface area (Å²) in [6.45, 7) is 4.28. The third kappa shape index (κ3) is 5.75. The molecule has 0 aliphatic rings. The Balaban J connectivity index is 1.78. The number of anilines is 1. The Morgan fingerprint density at radius 2 is 1.87 bits per heavy atom. The zero-order valence-corrected chi connectivity index (χ0v) is 16.6. The summed E-state index contributed by atoms with van der Waals surface area (Å²) in [6, 6.07) is 13.9. The van der Waals surface area contributed by atoms with Gasteiger partial charge in [-0.15, -0.1) is 6.58 Å². The van der Waals surface area contributed by atoms with E-state index in [4.69, 9.17) is 0 Å². The molecule has 0 unspecified atom stereocenters. The minimum Gasteiger partial charge on any atom is -0.345 e. The van der Waals surface area contributed by atoms with Crippen LogP contribution in [0.2, 0.25) is 0 Å². The van der Waals surface area contributed by atoms with Crippen LogP contribution in [0.4, 0.5) is 28.0 Å². The number of halogens is 4. The summed E-state index contributed by atoms with van der Waals surface area (Å²) in [7, 11) is 0. The minimum atomic E-state index is -4.59. The van der Waals surface area contributed by atoms with Crippen molar-refractivity contribution in [2.45, 2.75) is 19.3 Å². The Morgan fingerprint density at radius 1 is 1.10 bits per heavy atom. The van der Waals surface area contributed by atoms with Crippen LogP contribution in [0.5, 0.6) is 0 Å². The number of amides is 2. The summed E-state index contributed by atoms with van der Waals surface area (Å²) in [4.78, 5) is 14.1. The Kier molecular flexibility index (Phi) is 6.79. The van der Waals surface area contributed by atoms with Crippen molar-refractivity contribution in [1.82, 2.24) is 9.47 Å². The van der Waals surface area contributed by atoms with E-state index < -0.39 is 17.8 Å². The number of rotatable bonds is 7. The van der Waals surface area contributed by atoms with Gasteiger partial charge in [-0.2, -0.15) is 13.2 Å². The average molecular weight is 431 g/mol. The van der Waals surface area contributed by atoms with Crippen molar-refractivity contribution in [2.24, 2.45) is 0 Å². The molecule has 0 saturated heterocycles. The van der Waals surface area contributed by atoms with Crippen LogP contribution < -0.4 is 5.32 Å². The number of nitrogens with zero attached hydrogens (tertiary/aromatic N) is 2. The molecule has 0 aliphatic heterocycles. The molecule has 0 spiro atoms. The summed E-state index contributed by atoms with van der Waals surface area (Å²) in [5, 5.41) is 2.35. The van der Waals surface area contributed by atoms with E-state index in [1.165, 1.54) is 41.3 Å². The van der Waals surface area contributed by atoms with Crippen LogP contribution in [-0.4, -0.2) is 22.0 Å². The first-order valence-corrected chi connectivity index (χ1v) is 9.49. The molecule has 0 atom stereocenters. The fourth-order valence-electron chi connectivity index (χ4n) is 3.18. The smallest absolute Gasteiger partial charge is 0.345 e. The van der Waals surface area contributed by atoms with E-state index in [2.05, 4.69) is 11.9 Å². The van der Waals surface area contributed by atoms with Crippen LogP contribution in [0.1, 0.15) is 16.8 Å². The van der Waals surface area contributed by atoms with Gasteiger partial charge >= 0.3 is 12.2 Å². The summed E-state index contributed by atoms with van der Waals surface area (Å²) >= 11 is 0. The van der Waals surface area contributed by atoms with Crippen molar-refractivity contribution >= 4 is 11.7 Å². The van der Waals surface area contributed by atoms with Gasteiger partial charge in [-0.05, 0) is 42.0 Å². The second-order valence-electron chi connectivity index (χ2n) is 6.90. The van der Waals surface area contributed by atoms with Crippen LogP contribution in [-0.2, 0) is 19.3 Å². The van der Waals surface area contributed by atoms with E-state index in [0.717, 1.165) is 17.3 Å². The van der Waals surface area contributed by atoms with E-state index in [1.807, 2.05) is 4.57 Å². The second kappa shape index (κ2) is 9.51. The Labute approximate surface area is 177 Å². The number of aromatic nitrogens is 1. The first-order chi connectivity index (χ1) is 14.8. The number of alkyl halides is 3. The standard InChI is InChI=1S/C23H21F4N3O/c1-2-12-30(22(31)28-21-11-4-3-10-20(21)23(25,26)27)16-19-9-6-13-29(19)15-17-7-5-8-18(24)14-17/h2-11,13-14H,1,12,15-16H2,(H,28,31). The predicted octanol–water partition coefficient (Wildman–Crippen LogP) is 5.91. The monoisotopic (exact) mass is 431 g/mol. The lowest BCUT2D eigenvalue weighted by atomic mass is 10.1. The second-order valence-corrected chi connectivity index (χ2v) is 6.90. The van der Waals surface area contributed by atoms with Crippen molar-refractivity contribution in [1.29, 1.82) is 0 Å². The normalized spacial score (nSPS) is 11.2. The summed E-state index contributed by atoms with van der Waals surface area (Å²) < 4.78 is 55.0. The number of benzene rings is 2. The van der Waals surface area contributed by atoms with Gasteiger partial charge in [0, 0.05) is 25.0 Å². The Morgan fingerprint density at radius 3 is 2.58 bits per heavy atom. The lowest BCUT2D eigenvalue weighted by molar-refractivity contribution is -0.136. The van der Waals surface area contributed by atoms with Gasteiger partial charge in [0.25, 0.3) is 0 Å². The third-order valence-corrected chi connectivity index (χ3v) is 4.63. The highest BCUT2D eigenvalue weighted by molar-refractivity contribution is 5.90. The molecule has 1 aromatic heterocycles. The first kappa shape index (κ1) is 22.1. The molecule has 31 heavy (non-hydrogen) atoms. The number of carbonyl (C=O) groups is 1. The maximum Gasteiger partial charge on any atom is 0.418 e. The maximum atomic E-state index is 13.5.